The second kappa shape index (κ2) is 7.94. The molecule has 0 amide bonds. The minimum absolute atomic E-state index is 0.289. The van der Waals surface area contributed by atoms with E-state index >= 15 is 0 Å². The molecule has 2 heterocycles. The van der Waals surface area contributed by atoms with E-state index in [4.69, 9.17) is 0 Å². The number of hydrogen-bond donors (Lipinski definition) is 2. The molecule has 5 rings (SSSR count). The van der Waals surface area contributed by atoms with Gasteiger partial charge in [0.15, 0.2) is 0 Å². The first-order chi connectivity index (χ1) is 14.7. The van der Waals surface area contributed by atoms with Crippen molar-refractivity contribution in [2.45, 2.75) is 13.1 Å². The summed E-state index contributed by atoms with van der Waals surface area (Å²) in [4.78, 5) is 9.06. The van der Waals surface area contributed by atoms with Gasteiger partial charge in [0.2, 0.25) is 0 Å². The topological polar surface area (TPSA) is 59.8 Å². The molecule has 5 nitrogen and oxygen atoms in total. The average molecular weight is 399 g/mol. The molecule has 2 N–H and O–H groups in total. The van der Waals surface area contributed by atoms with Crippen LogP contribution in [0.5, 0.6) is 11.5 Å². The molecule has 1 saturated heterocycles. The third-order valence-corrected chi connectivity index (χ3v) is 6.07. The SMILES string of the molecule is Oc1c(CN2CCN(Cc3ccc4cccnc4c3O)CC2)ccc2ccccc12. The highest BCUT2D eigenvalue weighted by Crippen LogP contribution is 2.30. The monoisotopic (exact) mass is 399 g/mol. The molecular formula is C25H25N3O2. The van der Waals surface area contributed by atoms with Gasteiger partial charge >= 0.3 is 0 Å². The normalized spacial score (nSPS) is 15.7. The van der Waals surface area contributed by atoms with E-state index in [9.17, 15) is 10.2 Å². The van der Waals surface area contributed by atoms with Crippen molar-refractivity contribution in [3.8, 4) is 11.5 Å². The summed E-state index contributed by atoms with van der Waals surface area (Å²) in [6, 6.07) is 19.9. The fourth-order valence-electron chi connectivity index (χ4n) is 4.31. The molecule has 1 aliphatic heterocycles. The molecule has 5 heteroatoms. The molecule has 152 valence electrons. The Morgan fingerprint density at radius 2 is 1.27 bits per heavy atom. The van der Waals surface area contributed by atoms with Gasteiger partial charge in [0.1, 0.15) is 17.0 Å². The van der Waals surface area contributed by atoms with Gasteiger partial charge in [0.25, 0.3) is 0 Å². The van der Waals surface area contributed by atoms with Gasteiger partial charge < -0.3 is 10.2 Å². The third kappa shape index (κ3) is 3.58. The zero-order chi connectivity index (χ0) is 20.5. The second-order valence-electron chi connectivity index (χ2n) is 8.00. The predicted octanol–water partition coefficient (Wildman–Crippen LogP) is 4.12. The van der Waals surface area contributed by atoms with Crippen molar-refractivity contribution >= 4 is 21.7 Å². The molecular weight excluding hydrogens is 374 g/mol. The number of nitrogens with zero attached hydrogens (tertiary/aromatic N) is 3. The number of benzene rings is 3. The van der Waals surface area contributed by atoms with E-state index in [0.717, 1.165) is 60.0 Å². The fraction of sp³-hybridized carbons (Fsp3) is 0.240. The van der Waals surface area contributed by atoms with Crippen LogP contribution in [0.4, 0.5) is 0 Å². The van der Waals surface area contributed by atoms with E-state index in [0.29, 0.717) is 17.8 Å². The minimum atomic E-state index is 0.289. The molecule has 0 unspecified atom stereocenters. The Morgan fingerprint density at radius 3 is 2.00 bits per heavy atom. The first kappa shape index (κ1) is 18.9. The molecule has 0 saturated carbocycles. The van der Waals surface area contributed by atoms with Crippen LogP contribution in [-0.2, 0) is 13.1 Å². The largest absolute Gasteiger partial charge is 0.507 e. The number of piperazine rings is 1. The molecule has 30 heavy (non-hydrogen) atoms. The number of phenols is 2. The summed E-state index contributed by atoms with van der Waals surface area (Å²) >= 11 is 0. The average Bonchev–Trinajstić information content (AvgIpc) is 2.79. The van der Waals surface area contributed by atoms with Crippen LogP contribution in [0, 0.1) is 0 Å². The van der Waals surface area contributed by atoms with E-state index in [2.05, 4.69) is 20.9 Å². The van der Waals surface area contributed by atoms with Crippen LogP contribution in [0.3, 0.4) is 0 Å². The smallest absolute Gasteiger partial charge is 0.146 e. The summed E-state index contributed by atoms with van der Waals surface area (Å²) in [6.45, 7) is 5.17. The molecule has 1 aromatic heterocycles. The van der Waals surface area contributed by atoms with Crippen LogP contribution in [0.15, 0.2) is 66.9 Å². The number of fused-ring (bicyclic) bond motifs is 2. The van der Waals surface area contributed by atoms with Crippen molar-refractivity contribution in [1.29, 1.82) is 0 Å². The van der Waals surface area contributed by atoms with Crippen LogP contribution in [-0.4, -0.2) is 51.2 Å². The van der Waals surface area contributed by atoms with E-state index in [1.165, 1.54) is 0 Å². The van der Waals surface area contributed by atoms with Crippen LogP contribution in [0.25, 0.3) is 21.7 Å². The summed E-state index contributed by atoms with van der Waals surface area (Å²) in [5.41, 5.74) is 2.56. The molecule has 0 radical (unpaired) electrons. The molecule has 0 bridgehead atoms. The summed E-state index contributed by atoms with van der Waals surface area (Å²) in [7, 11) is 0. The number of hydrogen-bond acceptors (Lipinski definition) is 5. The molecule has 0 aliphatic carbocycles. The van der Waals surface area contributed by atoms with Crippen molar-refractivity contribution < 1.29 is 10.2 Å². The zero-order valence-electron chi connectivity index (χ0n) is 16.8. The highest BCUT2D eigenvalue weighted by molar-refractivity contribution is 5.89. The number of phenolic OH excluding ortho intramolecular Hbond substituents is 2. The molecule has 1 fully saturated rings. The quantitative estimate of drug-likeness (QED) is 0.541. The van der Waals surface area contributed by atoms with Gasteiger partial charge in [-0.15, -0.1) is 0 Å². The molecule has 4 aromatic rings. The summed E-state index contributed by atoms with van der Waals surface area (Å²) in [5.74, 6) is 0.681. The van der Waals surface area contributed by atoms with Gasteiger partial charge in [0.05, 0.1) is 0 Å². The Labute approximate surface area is 175 Å². The lowest BCUT2D eigenvalue weighted by Gasteiger charge is -2.35. The lowest BCUT2D eigenvalue weighted by molar-refractivity contribution is 0.120. The van der Waals surface area contributed by atoms with Gasteiger partial charge in [-0.05, 0) is 11.5 Å². The van der Waals surface area contributed by atoms with Gasteiger partial charge in [0, 0.05) is 67.4 Å². The number of rotatable bonds is 4. The Balaban J connectivity index is 1.24. The highest BCUT2D eigenvalue weighted by atomic mass is 16.3. The van der Waals surface area contributed by atoms with Crippen LogP contribution in [0.1, 0.15) is 11.1 Å². The fourth-order valence-corrected chi connectivity index (χ4v) is 4.31. The standard InChI is InChI=1S/C25H25N3O2/c29-24-20(9-7-18-4-1-2-6-22(18)24)16-27-12-14-28(15-13-27)17-21-10-8-19-5-3-11-26-23(19)25(21)30/h1-11,29-30H,12-17H2. The molecule has 1 aliphatic rings. The zero-order valence-corrected chi connectivity index (χ0v) is 16.8. The van der Waals surface area contributed by atoms with Crippen molar-refractivity contribution in [3.05, 3.63) is 78.0 Å². The van der Waals surface area contributed by atoms with Crippen molar-refractivity contribution in [3.63, 3.8) is 0 Å². The van der Waals surface area contributed by atoms with Crippen molar-refractivity contribution in [1.82, 2.24) is 14.8 Å². The van der Waals surface area contributed by atoms with E-state index in [1.807, 2.05) is 54.6 Å². The molecule has 0 atom stereocenters. The van der Waals surface area contributed by atoms with E-state index in [-0.39, 0.29) is 5.75 Å². The first-order valence-corrected chi connectivity index (χ1v) is 10.4. The number of aromatic nitrogens is 1. The molecule has 3 aromatic carbocycles. The van der Waals surface area contributed by atoms with E-state index < -0.39 is 0 Å². The van der Waals surface area contributed by atoms with E-state index in [1.54, 1.807) is 6.20 Å². The molecule has 0 spiro atoms. The van der Waals surface area contributed by atoms with Gasteiger partial charge in [-0.3, -0.25) is 14.8 Å². The predicted molar refractivity (Wildman–Crippen MR) is 120 cm³/mol. The van der Waals surface area contributed by atoms with Gasteiger partial charge in [-0.25, -0.2) is 0 Å². The maximum Gasteiger partial charge on any atom is 0.146 e. The Kier molecular flexibility index (Phi) is 4.99. The van der Waals surface area contributed by atoms with Crippen molar-refractivity contribution in [2.24, 2.45) is 0 Å². The van der Waals surface area contributed by atoms with Crippen LogP contribution < -0.4 is 0 Å². The Bertz CT molecular complexity index is 1100. The van der Waals surface area contributed by atoms with Crippen molar-refractivity contribution in [2.75, 3.05) is 26.2 Å². The van der Waals surface area contributed by atoms with Gasteiger partial charge in [-0.2, -0.15) is 0 Å². The highest BCUT2D eigenvalue weighted by Gasteiger charge is 2.20. The lowest BCUT2D eigenvalue weighted by atomic mass is 10.0. The third-order valence-electron chi connectivity index (χ3n) is 6.07. The van der Waals surface area contributed by atoms with Gasteiger partial charge in [-0.1, -0.05) is 54.6 Å². The Hall–Kier alpha value is -3.15. The van der Waals surface area contributed by atoms with Crippen LogP contribution in [0.2, 0.25) is 0 Å². The maximum absolute atomic E-state index is 10.7. The second-order valence-corrected chi connectivity index (χ2v) is 8.00. The Morgan fingerprint density at radius 1 is 0.667 bits per heavy atom. The number of pyridine rings is 1. The number of aromatic hydroxyl groups is 2. The summed E-state index contributed by atoms with van der Waals surface area (Å²) < 4.78 is 0. The van der Waals surface area contributed by atoms with Crippen LogP contribution >= 0.6 is 0 Å². The minimum Gasteiger partial charge on any atom is -0.507 e. The first-order valence-electron chi connectivity index (χ1n) is 10.4. The maximum atomic E-state index is 10.7. The lowest BCUT2D eigenvalue weighted by Crippen LogP contribution is -2.45. The summed E-state index contributed by atoms with van der Waals surface area (Å²) in [5, 5.41) is 24.2. The summed E-state index contributed by atoms with van der Waals surface area (Å²) in [6.07, 6.45) is 1.72.